The molecule has 0 amide bonds. The first-order valence-corrected chi connectivity index (χ1v) is 10.0. The predicted octanol–water partition coefficient (Wildman–Crippen LogP) is 3.89. The summed E-state index contributed by atoms with van der Waals surface area (Å²) in [5.41, 5.74) is -0.223. The molecule has 0 spiro atoms. The van der Waals surface area contributed by atoms with Gasteiger partial charge >= 0.3 is 0 Å². The van der Waals surface area contributed by atoms with Crippen molar-refractivity contribution < 1.29 is 9.32 Å². The topological polar surface area (TPSA) is 49.7 Å². The van der Waals surface area contributed by atoms with E-state index in [1.54, 1.807) is 7.05 Å². The molecule has 1 aromatic rings. The zero-order chi connectivity index (χ0) is 16.9. The third kappa shape index (κ3) is 2.38. The van der Waals surface area contributed by atoms with Crippen molar-refractivity contribution in [2.45, 2.75) is 43.6 Å². The Morgan fingerprint density at radius 2 is 2.04 bits per heavy atom. The minimum atomic E-state index is -2.64. The van der Waals surface area contributed by atoms with Gasteiger partial charge in [-0.2, -0.15) is 0 Å². The summed E-state index contributed by atoms with van der Waals surface area (Å²) in [4.78, 5) is 0.706. The fourth-order valence-corrected chi connectivity index (χ4v) is 6.85. The Morgan fingerprint density at radius 1 is 1.39 bits per heavy atom. The molecule has 0 saturated heterocycles. The monoisotopic (exact) mass is 333 g/mol. The number of rotatable bonds is 3. The van der Waals surface area contributed by atoms with Gasteiger partial charge in [0.2, 0.25) is 0 Å². The van der Waals surface area contributed by atoms with E-state index in [-0.39, 0.29) is 11.2 Å². The molecule has 0 aliphatic heterocycles. The number of fused-ring (bicyclic) bond motifs is 2. The summed E-state index contributed by atoms with van der Waals surface area (Å²) in [6, 6.07) is 9.35. The summed E-state index contributed by atoms with van der Waals surface area (Å²) in [7, 11) is -1.04. The maximum absolute atomic E-state index is 13.5. The van der Waals surface area contributed by atoms with Crippen molar-refractivity contribution in [3.63, 3.8) is 0 Å². The van der Waals surface area contributed by atoms with Gasteiger partial charge in [0.05, 0.1) is 21.1 Å². The number of hydrogen-bond donors (Lipinski definition) is 1. The molecule has 2 aliphatic rings. The van der Waals surface area contributed by atoms with Gasteiger partial charge in [0.15, 0.2) is 0 Å². The van der Waals surface area contributed by atoms with Gasteiger partial charge in [-0.15, -0.1) is 0 Å². The van der Waals surface area contributed by atoms with Gasteiger partial charge in [0.1, 0.15) is 0 Å². The van der Waals surface area contributed by atoms with E-state index in [1.165, 1.54) is 0 Å². The number of aliphatic hydroxyl groups is 1. The number of benzene rings is 1. The maximum atomic E-state index is 13.5. The molecule has 2 saturated carbocycles. The second kappa shape index (κ2) is 5.45. The smallest absolute Gasteiger partial charge is 0.0867 e. The van der Waals surface area contributed by atoms with Crippen LogP contribution in [-0.4, -0.2) is 27.7 Å². The van der Waals surface area contributed by atoms with Crippen molar-refractivity contribution in [3.8, 4) is 0 Å². The lowest BCUT2D eigenvalue weighted by Gasteiger charge is -2.50. The van der Waals surface area contributed by atoms with E-state index in [9.17, 15) is 9.32 Å². The van der Waals surface area contributed by atoms with Crippen LogP contribution in [0.1, 0.15) is 33.1 Å². The van der Waals surface area contributed by atoms with E-state index in [0.717, 1.165) is 18.4 Å². The normalized spacial score (nSPS) is 39.0. The molecule has 0 radical (unpaired) electrons. The largest absolute Gasteiger partial charge is 0.388 e. The zero-order valence-electron chi connectivity index (χ0n) is 14.3. The standard InChI is InChI=1S/C19H27NO2S/c1-14-12-19(21,18(3)11-10-17(14)15(18)2)13-23(22,20-4)16-8-6-5-7-9-16/h5-9,14,17,21H,2,10-13H2,1,3-4H3/t14-,17+,18-,19+,23+/m1/s1. The Hall–Kier alpha value is -1.13. The van der Waals surface area contributed by atoms with Crippen LogP contribution in [0.2, 0.25) is 0 Å². The SMILES string of the molecule is C=C1[C@H]2CC[C@@]1(C)[C@@](O)(C[S@@](=O)(=NC)c1ccccc1)C[C@H]2C. The highest BCUT2D eigenvalue weighted by molar-refractivity contribution is 7.93. The van der Waals surface area contributed by atoms with Crippen molar-refractivity contribution in [3.05, 3.63) is 42.5 Å². The Morgan fingerprint density at radius 3 is 2.65 bits per heavy atom. The fraction of sp³-hybridized carbons (Fsp3) is 0.579. The maximum Gasteiger partial charge on any atom is 0.0867 e. The Kier molecular flexibility index (Phi) is 3.96. The van der Waals surface area contributed by atoms with Gasteiger partial charge in [-0.3, -0.25) is 0 Å². The zero-order valence-corrected chi connectivity index (χ0v) is 15.1. The van der Waals surface area contributed by atoms with E-state index in [2.05, 4.69) is 24.8 Å². The molecular weight excluding hydrogens is 306 g/mol. The average molecular weight is 333 g/mol. The van der Waals surface area contributed by atoms with Crippen LogP contribution in [0.5, 0.6) is 0 Å². The van der Waals surface area contributed by atoms with Crippen LogP contribution in [0, 0.1) is 17.3 Å². The Labute approximate surface area is 140 Å². The van der Waals surface area contributed by atoms with Gasteiger partial charge in [-0.05, 0) is 43.2 Å². The molecule has 1 N–H and O–H groups in total. The first-order chi connectivity index (χ1) is 10.8. The second-order valence-electron chi connectivity index (χ2n) is 7.50. The van der Waals surface area contributed by atoms with Crippen LogP contribution in [0.4, 0.5) is 0 Å². The quantitative estimate of drug-likeness (QED) is 0.853. The summed E-state index contributed by atoms with van der Waals surface area (Å²) < 4.78 is 17.7. The molecule has 2 bridgehead atoms. The number of hydrogen-bond acceptors (Lipinski definition) is 3. The summed E-state index contributed by atoms with van der Waals surface area (Å²) >= 11 is 0. The van der Waals surface area contributed by atoms with E-state index in [0.29, 0.717) is 23.2 Å². The molecule has 0 aromatic heterocycles. The third-order valence-electron chi connectivity index (χ3n) is 6.33. The van der Waals surface area contributed by atoms with E-state index in [1.807, 2.05) is 30.3 Å². The fourth-order valence-electron chi connectivity index (χ4n) is 4.68. The lowest BCUT2D eigenvalue weighted by Crippen LogP contribution is -2.54. The predicted molar refractivity (Wildman–Crippen MR) is 94.8 cm³/mol. The minimum absolute atomic E-state index is 0.188. The Bertz CT molecular complexity index is 735. The van der Waals surface area contributed by atoms with Crippen LogP contribution in [0.3, 0.4) is 0 Å². The van der Waals surface area contributed by atoms with Crippen LogP contribution < -0.4 is 0 Å². The van der Waals surface area contributed by atoms with Crippen LogP contribution in [0.25, 0.3) is 0 Å². The Balaban J connectivity index is 2.04. The third-order valence-corrected chi connectivity index (χ3v) is 8.79. The van der Waals surface area contributed by atoms with Gasteiger partial charge in [-0.25, -0.2) is 8.57 Å². The average Bonchev–Trinajstić information content (AvgIpc) is 2.80. The summed E-state index contributed by atoms with van der Waals surface area (Å²) in [5.74, 6) is 1.05. The molecular formula is C19H27NO2S. The van der Waals surface area contributed by atoms with Crippen molar-refractivity contribution in [1.82, 2.24) is 0 Å². The summed E-state index contributed by atoms with van der Waals surface area (Å²) in [6.45, 7) is 8.58. The summed E-state index contributed by atoms with van der Waals surface area (Å²) in [6.07, 6.45) is 2.67. The second-order valence-corrected chi connectivity index (χ2v) is 9.90. The lowest BCUT2D eigenvalue weighted by molar-refractivity contribution is -0.0641. The van der Waals surface area contributed by atoms with Crippen molar-refractivity contribution in [2.75, 3.05) is 12.8 Å². The molecule has 4 heteroatoms. The van der Waals surface area contributed by atoms with E-state index < -0.39 is 15.3 Å². The summed E-state index contributed by atoms with van der Waals surface area (Å²) in [5, 5.41) is 11.6. The molecule has 3 nitrogen and oxygen atoms in total. The highest BCUT2D eigenvalue weighted by Crippen LogP contribution is 2.61. The highest BCUT2D eigenvalue weighted by atomic mass is 32.2. The molecule has 3 rings (SSSR count). The molecule has 1 aromatic carbocycles. The van der Waals surface area contributed by atoms with Gasteiger partial charge < -0.3 is 5.11 Å². The van der Waals surface area contributed by atoms with E-state index >= 15 is 0 Å². The molecule has 2 aliphatic carbocycles. The molecule has 23 heavy (non-hydrogen) atoms. The van der Waals surface area contributed by atoms with Crippen LogP contribution >= 0.6 is 0 Å². The lowest BCUT2D eigenvalue weighted by atomic mass is 9.61. The van der Waals surface area contributed by atoms with Gasteiger partial charge in [0.25, 0.3) is 0 Å². The van der Waals surface area contributed by atoms with Crippen molar-refractivity contribution in [2.24, 2.45) is 21.6 Å². The first-order valence-electron chi connectivity index (χ1n) is 8.35. The van der Waals surface area contributed by atoms with Gasteiger partial charge in [0, 0.05) is 17.4 Å². The molecule has 126 valence electrons. The highest BCUT2D eigenvalue weighted by Gasteiger charge is 2.59. The molecule has 0 unspecified atom stereocenters. The van der Waals surface area contributed by atoms with Crippen molar-refractivity contribution >= 4 is 9.73 Å². The minimum Gasteiger partial charge on any atom is -0.388 e. The van der Waals surface area contributed by atoms with Crippen LogP contribution in [-0.2, 0) is 9.73 Å². The van der Waals surface area contributed by atoms with Crippen molar-refractivity contribution in [1.29, 1.82) is 0 Å². The number of nitrogens with zero attached hydrogens (tertiary/aromatic N) is 1. The molecule has 5 atom stereocenters. The van der Waals surface area contributed by atoms with Crippen LogP contribution in [0.15, 0.2) is 51.7 Å². The van der Waals surface area contributed by atoms with Gasteiger partial charge in [-0.1, -0.05) is 44.2 Å². The van der Waals surface area contributed by atoms with E-state index in [4.69, 9.17) is 0 Å². The molecule has 2 fully saturated rings. The first kappa shape index (κ1) is 16.7. The molecule has 0 heterocycles.